The van der Waals surface area contributed by atoms with E-state index in [-0.39, 0.29) is 6.54 Å². The van der Waals surface area contributed by atoms with Crippen LogP contribution in [0.2, 0.25) is 0 Å². The van der Waals surface area contributed by atoms with Crippen LogP contribution in [-0.2, 0) is 11.2 Å². The van der Waals surface area contributed by atoms with Crippen LogP contribution in [0.4, 0.5) is 13.2 Å². The molecule has 2 N–H and O–H groups in total. The number of aryl methyl sites for hydroxylation is 1. The Balaban J connectivity index is 2.15. The molecule has 0 aliphatic carbocycles. The summed E-state index contributed by atoms with van der Waals surface area (Å²) in [5.41, 5.74) is 2.61. The number of fused-ring (bicyclic) bond motifs is 1. The molecule has 21 heavy (non-hydrogen) atoms. The highest BCUT2D eigenvalue weighted by molar-refractivity contribution is 5.86. The minimum absolute atomic E-state index is 0.0800. The van der Waals surface area contributed by atoms with E-state index in [9.17, 15) is 18.0 Å². The molecule has 0 saturated heterocycles. The Labute approximate surface area is 119 Å². The van der Waals surface area contributed by atoms with Crippen molar-refractivity contribution in [2.24, 2.45) is 0 Å². The summed E-state index contributed by atoms with van der Waals surface area (Å²) in [5, 5.41) is 2.75. The summed E-state index contributed by atoms with van der Waals surface area (Å²) < 4.78 is 41.5. The smallest absolute Gasteiger partial charge is 0.471 e. The second kappa shape index (κ2) is 5.67. The van der Waals surface area contributed by atoms with E-state index in [1.54, 1.807) is 13.2 Å². The van der Waals surface area contributed by atoms with Crippen LogP contribution in [-0.4, -0.2) is 30.7 Å². The maximum Gasteiger partial charge on any atom is 0.471 e. The highest BCUT2D eigenvalue weighted by atomic mass is 19.4. The normalized spacial score (nSPS) is 11.7. The van der Waals surface area contributed by atoms with Crippen molar-refractivity contribution in [2.45, 2.75) is 19.5 Å². The van der Waals surface area contributed by atoms with Crippen molar-refractivity contribution in [3.8, 4) is 5.75 Å². The molecule has 0 atom stereocenters. The Morgan fingerprint density at radius 3 is 2.71 bits per heavy atom. The number of hydrogen-bond acceptors (Lipinski definition) is 2. The number of hydrogen-bond donors (Lipinski definition) is 2. The van der Waals surface area contributed by atoms with E-state index in [0.29, 0.717) is 12.2 Å². The first kappa shape index (κ1) is 15.2. The molecule has 0 bridgehead atoms. The van der Waals surface area contributed by atoms with Gasteiger partial charge in [-0.2, -0.15) is 13.2 Å². The number of aromatic nitrogens is 1. The number of amides is 1. The van der Waals surface area contributed by atoms with Gasteiger partial charge in [0, 0.05) is 23.1 Å². The third kappa shape index (κ3) is 3.29. The topological polar surface area (TPSA) is 54.1 Å². The summed E-state index contributed by atoms with van der Waals surface area (Å²) in [7, 11) is 1.55. The molecule has 0 radical (unpaired) electrons. The van der Waals surface area contributed by atoms with Gasteiger partial charge in [0.2, 0.25) is 0 Å². The number of benzene rings is 1. The van der Waals surface area contributed by atoms with E-state index in [2.05, 4.69) is 4.98 Å². The van der Waals surface area contributed by atoms with Gasteiger partial charge in [-0.25, -0.2) is 0 Å². The lowest BCUT2D eigenvalue weighted by Gasteiger charge is -2.08. The molecule has 0 spiro atoms. The summed E-state index contributed by atoms with van der Waals surface area (Å²) in [4.78, 5) is 13.9. The van der Waals surface area contributed by atoms with Gasteiger partial charge in [0.25, 0.3) is 0 Å². The van der Waals surface area contributed by atoms with Gasteiger partial charge in [-0.05, 0) is 37.1 Å². The highest BCUT2D eigenvalue weighted by Gasteiger charge is 2.38. The first-order valence-electron chi connectivity index (χ1n) is 6.33. The molecule has 0 unspecified atom stereocenters. The summed E-state index contributed by atoms with van der Waals surface area (Å²) in [5.74, 6) is -1.25. The number of alkyl halides is 3. The van der Waals surface area contributed by atoms with E-state index in [0.717, 1.165) is 22.2 Å². The number of ether oxygens (including phenoxy) is 1. The number of H-pyrrole nitrogens is 1. The third-order valence-electron chi connectivity index (χ3n) is 3.24. The highest BCUT2D eigenvalue weighted by Crippen LogP contribution is 2.26. The summed E-state index contributed by atoms with van der Waals surface area (Å²) in [6.45, 7) is 1.76. The number of rotatable bonds is 4. The van der Waals surface area contributed by atoms with Gasteiger partial charge >= 0.3 is 12.1 Å². The van der Waals surface area contributed by atoms with E-state index in [1.807, 2.05) is 24.4 Å². The molecule has 1 amide bonds. The Hall–Kier alpha value is -2.18. The van der Waals surface area contributed by atoms with Crippen molar-refractivity contribution < 1.29 is 22.7 Å². The Bertz CT molecular complexity index is 662. The molecule has 4 nitrogen and oxygen atoms in total. The molecule has 0 fully saturated rings. The van der Waals surface area contributed by atoms with Gasteiger partial charge in [0.15, 0.2) is 0 Å². The molecular weight excluding hydrogens is 285 g/mol. The van der Waals surface area contributed by atoms with Crippen LogP contribution in [0.5, 0.6) is 5.75 Å². The minimum Gasteiger partial charge on any atom is -0.497 e. The number of carbonyl (C=O) groups excluding carboxylic acids is 1. The first-order valence-corrected chi connectivity index (χ1v) is 6.33. The summed E-state index contributed by atoms with van der Waals surface area (Å²) >= 11 is 0. The third-order valence-corrected chi connectivity index (χ3v) is 3.24. The van der Waals surface area contributed by atoms with Crippen LogP contribution in [0.15, 0.2) is 18.2 Å². The second-order valence-electron chi connectivity index (χ2n) is 4.64. The largest absolute Gasteiger partial charge is 0.497 e. The van der Waals surface area contributed by atoms with Crippen molar-refractivity contribution in [3.05, 3.63) is 29.5 Å². The average Bonchev–Trinajstić information content (AvgIpc) is 2.73. The number of aromatic amines is 1. The summed E-state index contributed by atoms with van der Waals surface area (Å²) in [6, 6.07) is 5.46. The van der Waals surface area contributed by atoms with Crippen molar-refractivity contribution in [1.82, 2.24) is 10.3 Å². The molecule has 114 valence electrons. The molecule has 1 aromatic carbocycles. The maximum absolute atomic E-state index is 12.1. The lowest BCUT2D eigenvalue weighted by Crippen LogP contribution is -2.37. The monoisotopic (exact) mass is 300 g/mol. The standard InChI is InChI=1S/C14H15F3N2O2/c1-8-10(5-6-18-13(20)14(15,16)17)11-7-9(21-2)3-4-12(11)19-8/h3-4,7,19H,5-6H2,1-2H3,(H,18,20). The minimum atomic E-state index is -4.85. The van der Waals surface area contributed by atoms with E-state index < -0.39 is 12.1 Å². The van der Waals surface area contributed by atoms with Gasteiger partial charge < -0.3 is 15.0 Å². The van der Waals surface area contributed by atoms with Gasteiger partial charge in [-0.1, -0.05) is 0 Å². The summed E-state index contributed by atoms with van der Waals surface area (Å²) in [6.07, 6.45) is -4.54. The maximum atomic E-state index is 12.1. The zero-order valence-corrected chi connectivity index (χ0v) is 11.6. The van der Waals surface area contributed by atoms with Crippen LogP contribution >= 0.6 is 0 Å². The van der Waals surface area contributed by atoms with Crippen LogP contribution in [0.25, 0.3) is 10.9 Å². The van der Waals surface area contributed by atoms with Gasteiger partial charge in [-0.15, -0.1) is 0 Å². The van der Waals surface area contributed by atoms with Gasteiger partial charge in [0.1, 0.15) is 5.75 Å². The SMILES string of the molecule is COc1ccc2[nH]c(C)c(CCNC(=O)C(F)(F)F)c2c1. The van der Waals surface area contributed by atoms with E-state index in [1.165, 1.54) is 0 Å². The van der Waals surface area contributed by atoms with Crippen molar-refractivity contribution >= 4 is 16.8 Å². The van der Waals surface area contributed by atoms with Crippen LogP contribution in [0.1, 0.15) is 11.3 Å². The first-order chi connectivity index (χ1) is 9.82. The Morgan fingerprint density at radius 1 is 1.38 bits per heavy atom. The Morgan fingerprint density at radius 2 is 2.10 bits per heavy atom. The molecule has 0 aliphatic heterocycles. The fourth-order valence-corrected chi connectivity index (χ4v) is 2.21. The van der Waals surface area contributed by atoms with Gasteiger partial charge in [0.05, 0.1) is 7.11 Å². The van der Waals surface area contributed by atoms with Crippen LogP contribution in [0.3, 0.4) is 0 Å². The molecule has 2 rings (SSSR count). The quantitative estimate of drug-likeness (QED) is 0.912. The predicted octanol–water partition coefficient (Wildman–Crippen LogP) is 2.71. The fraction of sp³-hybridized carbons (Fsp3) is 0.357. The van der Waals surface area contributed by atoms with Crippen molar-refractivity contribution in [1.29, 1.82) is 0 Å². The van der Waals surface area contributed by atoms with Gasteiger partial charge in [-0.3, -0.25) is 4.79 Å². The zero-order valence-electron chi connectivity index (χ0n) is 11.6. The zero-order chi connectivity index (χ0) is 15.6. The lowest BCUT2D eigenvalue weighted by molar-refractivity contribution is -0.173. The second-order valence-corrected chi connectivity index (χ2v) is 4.64. The predicted molar refractivity (Wildman–Crippen MR) is 72.4 cm³/mol. The number of methoxy groups -OCH3 is 1. The molecule has 1 aromatic heterocycles. The Kier molecular flexibility index (Phi) is 4.11. The molecule has 0 aliphatic rings. The average molecular weight is 300 g/mol. The van der Waals surface area contributed by atoms with Crippen LogP contribution in [0, 0.1) is 6.92 Å². The lowest BCUT2D eigenvalue weighted by atomic mass is 10.1. The molecule has 2 aromatic rings. The molecule has 1 heterocycles. The molecule has 7 heteroatoms. The van der Waals surface area contributed by atoms with Crippen molar-refractivity contribution in [3.63, 3.8) is 0 Å². The number of halogens is 3. The molecular formula is C14H15F3N2O2. The van der Waals surface area contributed by atoms with Crippen molar-refractivity contribution in [2.75, 3.05) is 13.7 Å². The van der Waals surface area contributed by atoms with Crippen LogP contribution < -0.4 is 10.1 Å². The number of nitrogens with one attached hydrogen (secondary N) is 2. The fourth-order valence-electron chi connectivity index (χ4n) is 2.21. The number of carbonyl (C=O) groups is 1. The molecule has 0 saturated carbocycles. The van der Waals surface area contributed by atoms with E-state index >= 15 is 0 Å². The van der Waals surface area contributed by atoms with E-state index in [4.69, 9.17) is 4.74 Å².